The number of aromatic nitrogens is 2. The van der Waals surface area contributed by atoms with Crippen LogP contribution in [0.3, 0.4) is 0 Å². The fraction of sp³-hybridized carbons (Fsp3) is 0.294. The van der Waals surface area contributed by atoms with Crippen LogP contribution >= 0.6 is 0 Å². The minimum absolute atomic E-state index is 0.101. The van der Waals surface area contributed by atoms with Crippen molar-refractivity contribution in [3.8, 4) is 0 Å². The number of alkyl carbamates (subject to hydrolysis) is 1. The van der Waals surface area contributed by atoms with Gasteiger partial charge in [0.25, 0.3) is 5.91 Å². The van der Waals surface area contributed by atoms with Gasteiger partial charge in [-0.25, -0.2) is 9.78 Å². The molecule has 24 heavy (non-hydrogen) atoms. The van der Waals surface area contributed by atoms with E-state index in [-0.39, 0.29) is 18.6 Å². The van der Waals surface area contributed by atoms with Crippen LogP contribution in [0.1, 0.15) is 21.7 Å². The average molecular weight is 326 g/mol. The lowest BCUT2D eigenvalue weighted by Gasteiger charge is -2.38. The highest BCUT2D eigenvalue weighted by Crippen LogP contribution is 2.12. The molecule has 0 unspecified atom stereocenters. The Hall–Kier alpha value is -2.96. The zero-order chi connectivity index (χ0) is 16.9. The predicted molar refractivity (Wildman–Crippen MR) is 86.2 cm³/mol. The van der Waals surface area contributed by atoms with Crippen molar-refractivity contribution in [2.45, 2.75) is 19.6 Å². The Bertz CT molecular complexity index is 712. The van der Waals surface area contributed by atoms with E-state index in [0.29, 0.717) is 18.8 Å². The molecule has 1 aromatic heterocycles. The molecule has 1 aliphatic heterocycles. The van der Waals surface area contributed by atoms with E-state index >= 15 is 0 Å². The molecule has 0 aliphatic carbocycles. The first-order valence-electron chi connectivity index (χ1n) is 7.67. The van der Waals surface area contributed by atoms with Gasteiger partial charge < -0.3 is 15.0 Å². The van der Waals surface area contributed by atoms with Gasteiger partial charge in [-0.15, -0.1) is 0 Å². The van der Waals surface area contributed by atoms with Crippen molar-refractivity contribution in [2.75, 3.05) is 13.1 Å². The molecular weight excluding hydrogens is 308 g/mol. The molecule has 1 fully saturated rings. The second-order valence-corrected chi connectivity index (χ2v) is 5.66. The molecule has 0 saturated carbocycles. The van der Waals surface area contributed by atoms with Crippen molar-refractivity contribution in [2.24, 2.45) is 0 Å². The molecule has 0 radical (unpaired) electrons. The minimum Gasteiger partial charge on any atom is -0.445 e. The summed E-state index contributed by atoms with van der Waals surface area (Å²) in [5, 5.41) is 2.74. The summed E-state index contributed by atoms with van der Waals surface area (Å²) in [6, 6.07) is 9.36. The highest BCUT2D eigenvalue weighted by Gasteiger charge is 2.33. The number of rotatable bonds is 4. The number of nitrogens with zero attached hydrogens (tertiary/aromatic N) is 3. The van der Waals surface area contributed by atoms with E-state index in [4.69, 9.17) is 4.74 Å². The number of carbonyl (C=O) groups is 2. The number of hydrogen-bond donors (Lipinski definition) is 1. The highest BCUT2D eigenvalue weighted by atomic mass is 16.5. The molecular formula is C17H18N4O3. The van der Waals surface area contributed by atoms with Gasteiger partial charge in [0.1, 0.15) is 12.3 Å². The molecule has 7 heteroatoms. The first-order valence-corrected chi connectivity index (χ1v) is 7.67. The Morgan fingerprint density at radius 3 is 2.62 bits per heavy atom. The number of ether oxygens (including phenoxy) is 1. The maximum atomic E-state index is 12.2. The van der Waals surface area contributed by atoms with Gasteiger partial charge >= 0.3 is 6.09 Å². The van der Waals surface area contributed by atoms with E-state index in [2.05, 4.69) is 15.3 Å². The quantitative estimate of drug-likeness (QED) is 0.921. The molecule has 1 aliphatic rings. The number of nitrogens with one attached hydrogen (secondary N) is 1. The molecule has 1 saturated heterocycles. The van der Waals surface area contributed by atoms with Crippen LogP contribution < -0.4 is 5.32 Å². The number of carbonyl (C=O) groups excluding carboxylic acids is 2. The zero-order valence-electron chi connectivity index (χ0n) is 13.3. The number of likely N-dealkylation sites (tertiary alicyclic amines) is 1. The number of aryl methyl sites for hydroxylation is 1. The number of hydrogen-bond acceptors (Lipinski definition) is 5. The van der Waals surface area contributed by atoms with Gasteiger partial charge in [-0.1, -0.05) is 30.3 Å². The summed E-state index contributed by atoms with van der Waals surface area (Å²) in [5.74, 6) is -0.182. The largest absolute Gasteiger partial charge is 0.445 e. The maximum absolute atomic E-state index is 12.2. The summed E-state index contributed by atoms with van der Waals surface area (Å²) in [7, 11) is 0. The molecule has 2 amide bonds. The Balaban J connectivity index is 1.41. The van der Waals surface area contributed by atoms with Gasteiger partial charge in [0.2, 0.25) is 0 Å². The van der Waals surface area contributed by atoms with E-state index in [1.54, 1.807) is 11.1 Å². The SMILES string of the molecule is Cc1cnc(C(=O)N2CC(NC(=O)OCc3ccccc3)C2)cn1. The Morgan fingerprint density at radius 1 is 1.21 bits per heavy atom. The van der Waals surface area contributed by atoms with Crippen molar-refractivity contribution >= 4 is 12.0 Å². The van der Waals surface area contributed by atoms with E-state index in [1.807, 2.05) is 37.3 Å². The zero-order valence-corrected chi connectivity index (χ0v) is 13.3. The third-order valence-electron chi connectivity index (χ3n) is 3.70. The van der Waals surface area contributed by atoms with Gasteiger partial charge in [-0.3, -0.25) is 9.78 Å². The highest BCUT2D eigenvalue weighted by molar-refractivity contribution is 5.92. The predicted octanol–water partition coefficient (Wildman–Crippen LogP) is 1.54. The van der Waals surface area contributed by atoms with Gasteiger partial charge in [0.15, 0.2) is 0 Å². The summed E-state index contributed by atoms with van der Waals surface area (Å²) in [5.41, 5.74) is 2.00. The van der Waals surface area contributed by atoms with Gasteiger partial charge in [-0.2, -0.15) is 0 Å². The van der Waals surface area contributed by atoms with E-state index in [9.17, 15) is 9.59 Å². The summed E-state index contributed by atoms with van der Waals surface area (Å²) >= 11 is 0. The number of benzene rings is 1. The van der Waals surface area contributed by atoms with E-state index < -0.39 is 6.09 Å². The summed E-state index contributed by atoms with van der Waals surface area (Å²) in [6.45, 7) is 2.91. The lowest BCUT2D eigenvalue weighted by molar-refractivity contribution is 0.0539. The molecule has 3 rings (SSSR count). The Labute approximate surface area is 139 Å². The summed E-state index contributed by atoms with van der Waals surface area (Å²) < 4.78 is 5.15. The second-order valence-electron chi connectivity index (χ2n) is 5.66. The molecule has 0 spiro atoms. The third-order valence-corrected chi connectivity index (χ3v) is 3.70. The monoisotopic (exact) mass is 326 g/mol. The van der Waals surface area contributed by atoms with Crippen LogP contribution in [0.15, 0.2) is 42.7 Å². The lowest BCUT2D eigenvalue weighted by atomic mass is 10.1. The second kappa shape index (κ2) is 7.08. The van der Waals surface area contributed by atoms with Gasteiger partial charge in [-0.05, 0) is 12.5 Å². The van der Waals surface area contributed by atoms with E-state index in [1.165, 1.54) is 6.20 Å². The van der Waals surface area contributed by atoms with Crippen LogP contribution in [0, 0.1) is 6.92 Å². The number of amides is 2. The topological polar surface area (TPSA) is 84.4 Å². The van der Waals surface area contributed by atoms with Crippen LogP contribution in [-0.4, -0.2) is 46.0 Å². The molecule has 7 nitrogen and oxygen atoms in total. The average Bonchev–Trinajstić information content (AvgIpc) is 2.57. The minimum atomic E-state index is -0.480. The summed E-state index contributed by atoms with van der Waals surface area (Å²) in [6.07, 6.45) is 2.54. The smallest absolute Gasteiger partial charge is 0.407 e. The van der Waals surface area contributed by atoms with Crippen molar-refractivity contribution < 1.29 is 14.3 Å². The molecule has 1 N–H and O–H groups in total. The fourth-order valence-electron chi connectivity index (χ4n) is 2.33. The Morgan fingerprint density at radius 2 is 1.96 bits per heavy atom. The van der Waals surface area contributed by atoms with Crippen LogP contribution in [0.25, 0.3) is 0 Å². The molecule has 0 bridgehead atoms. The maximum Gasteiger partial charge on any atom is 0.407 e. The molecule has 2 heterocycles. The normalized spacial score (nSPS) is 14.0. The van der Waals surface area contributed by atoms with Crippen LogP contribution in [-0.2, 0) is 11.3 Å². The first-order chi connectivity index (χ1) is 11.6. The lowest BCUT2D eigenvalue weighted by Crippen LogP contribution is -2.61. The van der Waals surface area contributed by atoms with Gasteiger partial charge in [0, 0.05) is 19.3 Å². The molecule has 2 aromatic rings. The van der Waals surface area contributed by atoms with Crippen LogP contribution in [0.5, 0.6) is 0 Å². The standard InChI is InChI=1S/C17H18N4O3/c1-12-7-19-15(8-18-12)16(22)21-9-14(10-21)20-17(23)24-11-13-5-3-2-4-6-13/h2-8,14H,9-11H2,1H3,(H,20,23). The Kier molecular flexibility index (Phi) is 4.69. The first kappa shape index (κ1) is 15.9. The van der Waals surface area contributed by atoms with Crippen molar-refractivity contribution in [3.05, 3.63) is 59.7 Å². The van der Waals surface area contributed by atoms with Crippen molar-refractivity contribution in [1.29, 1.82) is 0 Å². The fourth-order valence-corrected chi connectivity index (χ4v) is 2.33. The van der Waals surface area contributed by atoms with Crippen LogP contribution in [0.2, 0.25) is 0 Å². The van der Waals surface area contributed by atoms with Crippen molar-refractivity contribution in [1.82, 2.24) is 20.2 Å². The van der Waals surface area contributed by atoms with Gasteiger partial charge in [0.05, 0.1) is 17.9 Å². The summed E-state index contributed by atoms with van der Waals surface area (Å²) in [4.78, 5) is 33.6. The molecule has 1 aromatic carbocycles. The van der Waals surface area contributed by atoms with Crippen LogP contribution in [0.4, 0.5) is 4.79 Å². The molecule has 0 atom stereocenters. The molecule has 124 valence electrons. The third kappa shape index (κ3) is 3.87. The van der Waals surface area contributed by atoms with Crippen molar-refractivity contribution in [3.63, 3.8) is 0 Å². The van der Waals surface area contributed by atoms with E-state index in [0.717, 1.165) is 11.3 Å².